The maximum absolute atomic E-state index is 10.5. The SMILES string of the molecule is COc1nc(N)nc2c1ccn2[C@@H]1O[C@H](CO)[C@@H](O)[C@@]1(C)O. The number of rotatable bonds is 3. The highest BCUT2D eigenvalue weighted by atomic mass is 16.6. The van der Waals surface area contributed by atoms with Gasteiger partial charge in [-0.2, -0.15) is 9.97 Å². The lowest BCUT2D eigenvalue weighted by molar-refractivity contribution is -0.0948. The lowest BCUT2D eigenvalue weighted by Gasteiger charge is -2.27. The molecule has 0 bridgehead atoms. The van der Waals surface area contributed by atoms with Crippen LogP contribution in [-0.2, 0) is 4.74 Å². The Morgan fingerprint density at radius 2 is 2.23 bits per heavy atom. The molecule has 0 aliphatic carbocycles. The predicted octanol–water partition coefficient (Wildman–Crippen LogP) is -0.976. The number of aromatic nitrogens is 3. The Morgan fingerprint density at radius 1 is 1.50 bits per heavy atom. The molecule has 1 fully saturated rings. The van der Waals surface area contributed by atoms with Crippen LogP contribution in [0.3, 0.4) is 0 Å². The number of aliphatic hydroxyl groups excluding tert-OH is 2. The third-order valence-electron chi connectivity index (χ3n) is 3.93. The van der Waals surface area contributed by atoms with Crippen molar-refractivity contribution in [1.29, 1.82) is 0 Å². The average Bonchev–Trinajstić information content (AvgIpc) is 2.98. The molecule has 22 heavy (non-hydrogen) atoms. The Hall–Kier alpha value is -1.94. The summed E-state index contributed by atoms with van der Waals surface area (Å²) in [5, 5.41) is 30.5. The zero-order valence-electron chi connectivity index (χ0n) is 12.2. The van der Waals surface area contributed by atoms with Gasteiger partial charge >= 0.3 is 0 Å². The quantitative estimate of drug-likeness (QED) is 0.568. The normalized spacial score (nSPS) is 31.8. The first-order valence-electron chi connectivity index (χ1n) is 6.75. The molecule has 0 spiro atoms. The van der Waals surface area contributed by atoms with E-state index in [1.54, 1.807) is 12.3 Å². The highest BCUT2D eigenvalue weighted by Gasteiger charge is 2.53. The van der Waals surface area contributed by atoms with Crippen LogP contribution in [0.1, 0.15) is 13.2 Å². The van der Waals surface area contributed by atoms with E-state index in [9.17, 15) is 15.3 Å². The van der Waals surface area contributed by atoms with Crippen LogP contribution in [0.4, 0.5) is 5.95 Å². The number of hydrogen-bond acceptors (Lipinski definition) is 8. The number of nitrogens with zero attached hydrogens (tertiary/aromatic N) is 3. The first-order chi connectivity index (χ1) is 10.4. The van der Waals surface area contributed by atoms with Gasteiger partial charge < -0.3 is 35.1 Å². The molecule has 1 aliphatic rings. The van der Waals surface area contributed by atoms with Gasteiger partial charge in [0.05, 0.1) is 19.1 Å². The van der Waals surface area contributed by atoms with Crippen LogP contribution in [0.15, 0.2) is 12.3 Å². The van der Waals surface area contributed by atoms with Crippen LogP contribution in [0.2, 0.25) is 0 Å². The van der Waals surface area contributed by atoms with Crippen LogP contribution < -0.4 is 10.5 Å². The van der Waals surface area contributed by atoms with Crippen LogP contribution in [0.25, 0.3) is 11.0 Å². The summed E-state index contributed by atoms with van der Waals surface area (Å²) in [4.78, 5) is 8.13. The maximum Gasteiger partial charge on any atom is 0.227 e. The van der Waals surface area contributed by atoms with Gasteiger partial charge in [0.1, 0.15) is 17.8 Å². The van der Waals surface area contributed by atoms with Crippen molar-refractivity contribution in [2.75, 3.05) is 19.5 Å². The fourth-order valence-electron chi connectivity index (χ4n) is 2.76. The van der Waals surface area contributed by atoms with Crippen LogP contribution in [0.5, 0.6) is 5.88 Å². The molecule has 1 aliphatic heterocycles. The van der Waals surface area contributed by atoms with Gasteiger partial charge in [-0.25, -0.2) is 0 Å². The van der Waals surface area contributed by atoms with Crippen molar-refractivity contribution >= 4 is 17.0 Å². The van der Waals surface area contributed by atoms with E-state index < -0.39 is 30.6 Å². The lowest BCUT2D eigenvalue weighted by atomic mass is 9.96. The maximum atomic E-state index is 10.5. The summed E-state index contributed by atoms with van der Waals surface area (Å²) in [6.45, 7) is 1.03. The number of hydrogen-bond donors (Lipinski definition) is 4. The van der Waals surface area contributed by atoms with Gasteiger partial charge in [-0.05, 0) is 13.0 Å². The second kappa shape index (κ2) is 5.06. The molecule has 0 saturated carbocycles. The summed E-state index contributed by atoms with van der Waals surface area (Å²) in [6, 6.07) is 1.70. The van der Waals surface area contributed by atoms with Crippen molar-refractivity contribution in [3.8, 4) is 5.88 Å². The number of methoxy groups -OCH3 is 1. The summed E-state index contributed by atoms with van der Waals surface area (Å²) in [5.74, 6) is 0.319. The van der Waals surface area contributed by atoms with E-state index in [1.165, 1.54) is 18.6 Å². The molecule has 9 nitrogen and oxygen atoms in total. The monoisotopic (exact) mass is 310 g/mol. The average molecular weight is 310 g/mol. The van der Waals surface area contributed by atoms with Gasteiger partial charge in [0.25, 0.3) is 0 Å². The third-order valence-corrected chi connectivity index (χ3v) is 3.93. The van der Waals surface area contributed by atoms with Crippen molar-refractivity contribution < 1.29 is 24.8 Å². The molecule has 4 atom stereocenters. The Morgan fingerprint density at radius 3 is 2.82 bits per heavy atom. The van der Waals surface area contributed by atoms with Gasteiger partial charge in [-0.3, -0.25) is 0 Å². The van der Waals surface area contributed by atoms with E-state index in [4.69, 9.17) is 15.2 Å². The van der Waals surface area contributed by atoms with Crippen molar-refractivity contribution in [1.82, 2.24) is 14.5 Å². The topological polar surface area (TPSA) is 136 Å². The summed E-state index contributed by atoms with van der Waals surface area (Å²) in [7, 11) is 1.46. The van der Waals surface area contributed by atoms with E-state index in [0.717, 1.165) is 0 Å². The second-order valence-electron chi connectivity index (χ2n) is 5.43. The third kappa shape index (κ3) is 2.02. The van der Waals surface area contributed by atoms with E-state index in [1.807, 2.05) is 0 Å². The van der Waals surface area contributed by atoms with Gasteiger partial charge in [0.2, 0.25) is 11.8 Å². The van der Waals surface area contributed by atoms with Crippen LogP contribution >= 0.6 is 0 Å². The highest BCUT2D eigenvalue weighted by Crippen LogP contribution is 2.40. The van der Waals surface area contributed by atoms with Crippen molar-refractivity contribution in [2.24, 2.45) is 0 Å². The largest absolute Gasteiger partial charge is 0.480 e. The van der Waals surface area contributed by atoms with E-state index in [2.05, 4.69) is 9.97 Å². The van der Waals surface area contributed by atoms with E-state index >= 15 is 0 Å². The minimum atomic E-state index is -1.60. The minimum Gasteiger partial charge on any atom is -0.480 e. The number of fused-ring (bicyclic) bond motifs is 1. The molecule has 0 amide bonds. The molecule has 3 heterocycles. The van der Waals surface area contributed by atoms with Gasteiger partial charge in [0.15, 0.2) is 11.9 Å². The Bertz CT molecular complexity index is 701. The van der Waals surface area contributed by atoms with Gasteiger partial charge in [-0.1, -0.05) is 0 Å². The molecule has 0 radical (unpaired) electrons. The molecule has 5 N–H and O–H groups in total. The van der Waals surface area contributed by atoms with Crippen LogP contribution in [0, 0.1) is 0 Å². The fourth-order valence-corrected chi connectivity index (χ4v) is 2.76. The predicted molar refractivity (Wildman–Crippen MR) is 76.1 cm³/mol. The number of ether oxygens (including phenoxy) is 2. The molecule has 120 valence electrons. The molecule has 2 aromatic heterocycles. The summed E-state index contributed by atoms with van der Waals surface area (Å²) in [5.41, 5.74) is 4.47. The van der Waals surface area contributed by atoms with Gasteiger partial charge in [0, 0.05) is 6.20 Å². The molecule has 1 saturated heterocycles. The van der Waals surface area contributed by atoms with Crippen LogP contribution in [-0.4, -0.2) is 61.4 Å². The van der Waals surface area contributed by atoms with E-state index in [-0.39, 0.29) is 5.95 Å². The van der Waals surface area contributed by atoms with Crippen molar-refractivity contribution in [3.05, 3.63) is 12.3 Å². The first-order valence-corrected chi connectivity index (χ1v) is 6.75. The van der Waals surface area contributed by atoms with E-state index in [0.29, 0.717) is 16.9 Å². The van der Waals surface area contributed by atoms with Gasteiger partial charge in [-0.15, -0.1) is 0 Å². The molecule has 0 unspecified atom stereocenters. The lowest BCUT2D eigenvalue weighted by Crippen LogP contribution is -2.44. The molecule has 9 heteroatoms. The Labute approximate surface area is 125 Å². The first kappa shape index (κ1) is 15.0. The number of anilines is 1. The molecule has 3 rings (SSSR count). The summed E-state index contributed by atoms with van der Waals surface area (Å²) < 4.78 is 12.3. The smallest absolute Gasteiger partial charge is 0.227 e. The fraction of sp³-hybridized carbons (Fsp3) is 0.538. The second-order valence-corrected chi connectivity index (χ2v) is 5.43. The zero-order chi connectivity index (χ0) is 16.1. The zero-order valence-corrected chi connectivity index (χ0v) is 12.2. The Balaban J connectivity index is 2.13. The highest BCUT2D eigenvalue weighted by molar-refractivity contribution is 5.82. The number of aliphatic hydroxyl groups is 3. The number of nitrogens with two attached hydrogens (primary N) is 1. The molecular weight excluding hydrogens is 292 g/mol. The minimum absolute atomic E-state index is 0.0150. The molecule has 0 aromatic carbocycles. The molecular formula is C13H18N4O5. The number of nitrogen functional groups attached to an aromatic ring is 1. The van der Waals surface area contributed by atoms with Crippen molar-refractivity contribution in [3.63, 3.8) is 0 Å². The Kier molecular flexibility index (Phi) is 3.44. The molecule has 2 aromatic rings. The standard InChI is InChI=1S/C13H18N4O5/c1-13(20)8(19)7(5-18)22-11(13)17-4-3-6-9(17)15-12(14)16-10(6)21-2/h3-4,7-8,11,18-20H,5H2,1-2H3,(H2,14,15,16)/t7-,8-,11-,13-/m1/s1. The van der Waals surface area contributed by atoms with Crippen molar-refractivity contribution in [2.45, 2.75) is 31.0 Å². The summed E-state index contributed by atoms with van der Waals surface area (Å²) in [6.07, 6.45) is -1.43. The summed E-state index contributed by atoms with van der Waals surface area (Å²) >= 11 is 0.